The van der Waals surface area contributed by atoms with Gasteiger partial charge in [-0.15, -0.1) is 16.4 Å². The number of amides is 1. The van der Waals surface area contributed by atoms with E-state index in [0.29, 0.717) is 10.5 Å². The Hall–Kier alpha value is -3.32. The zero-order valence-electron chi connectivity index (χ0n) is 15.3. The number of ketones is 1. The Morgan fingerprint density at radius 1 is 1.04 bits per heavy atom. The number of carbonyl (C=O) groups excluding carboxylic acids is 2. The number of hydrogen-bond donors (Lipinski definition) is 1. The van der Waals surface area contributed by atoms with Crippen LogP contribution in [0, 0.1) is 6.92 Å². The maximum atomic E-state index is 12.2. The molecular formula is C21H18N4O2S. The zero-order valence-corrected chi connectivity index (χ0v) is 16.1. The second kappa shape index (κ2) is 7.74. The molecule has 2 heterocycles. The molecule has 2 aromatic heterocycles. The number of Topliss-reactive ketones (excluding diaryl/α,β-unsaturated/α-hetero) is 1. The molecule has 0 saturated carbocycles. The van der Waals surface area contributed by atoms with Gasteiger partial charge >= 0.3 is 0 Å². The monoisotopic (exact) mass is 390 g/mol. The summed E-state index contributed by atoms with van der Waals surface area (Å²) in [6.07, 6.45) is 0.234. The van der Waals surface area contributed by atoms with Crippen molar-refractivity contribution in [2.45, 2.75) is 19.8 Å². The van der Waals surface area contributed by atoms with E-state index in [2.05, 4.69) is 15.4 Å². The Balaban J connectivity index is 1.41. The van der Waals surface area contributed by atoms with Crippen LogP contribution in [0.1, 0.15) is 28.8 Å². The number of benzene rings is 2. The first-order valence-corrected chi connectivity index (χ1v) is 9.77. The van der Waals surface area contributed by atoms with Gasteiger partial charge in [0.2, 0.25) is 16.8 Å². The van der Waals surface area contributed by atoms with Crippen LogP contribution < -0.4 is 5.32 Å². The highest BCUT2D eigenvalue weighted by atomic mass is 32.1. The molecule has 0 aliphatic rings. The highest BCUT2D eigenvalue weighted by Gasteiger charge is 2.14. The third-order valence-electron chi connectivity index (χ3n) is 4.36. The third kappa shape index (κ3) is 3.84. The van der Waals surface area contributed by atoms with Crippen molar-refractivity contribution in [2.24, 2.45) is 0 Å². The molecule has 28 heavy (non-hydrogen) atoms. The van der Waals surface area contributed by atoms with E-state index in [4.69, 9.17) is 0 Å². The van der Waals surface area contributed by atoms with Crippen LogP contribution in [0.4, 0.5) is 5.95 Å². The predicted molar refractivity (Wildman–Crippen MR) is 110 cm³/mol. The lowest BCUT2D eigenvalue weighted by Crippen LogP contribution is -2.14. The third-order valence-corrected chi connectivity index (χ3v) is 5.17. The number of anilines is 1. The summed E-state index contributed by atoms with van der Waals surface area (Å²) >= 11 is 1.46. The van der Waals surface area contributed by atoms with Crippen LogP contribution >= 0.6 is 11.3 Å². The van der Waals surface area contributed by atoms with Gasteiger partial charge in [0.25, 0.3) is 0 Å². The van der Waals surface area contributed by atoms with Crippen molar-refractivity contribution in [1.82, 2.24) is 14.6 Å². The number of aromatic nitrogens is 3. The molecule has 0 radical (unpaired) electrons. The summed E-state index contributed by atoms with van der Waals surface area (Å²) in [6, 6.07) is 17.2. The Morgan fingerprint density at radius 3 is 2.54 bits per heavy atom. The lowest BCUT2D eigenvalue weighted by molar-refractivity contribution is -0.116. The van der Waals surface area contributed by atoms with Crippen molar-refractivity contribution in [2.75, 3.05) is 5.32 Å². The fourth-order valence-corrected chi connectivity index (χ4v) is 3.67. The smallest absolute Gasteiger partial charge is 0.250 e. The van der Waals surface area contributed by atoms with Crippen LogP contribution in [0.2, 0.25) is 0 Å². The summed E-state index contributed by atoms with van der Waals surface area (Å²) in [5.74, 6) is -0.0860. The summed E-state index contributed by atoms with van der Waals surface area (Å²) in [5.41, 5.74) is 3.66. The molecule has 0 saturated heterocycles. The summed E-state index contributed by atoms with van der Waals surface area (Å²) < 4.78 is 1.72. The van der Waals surface area contributed by atoms with Gasteiger partial charge in [-0.3, -0.25) is 14.9 Å². The van der Waals surface area contributed by atoms with E-state index < -0.39 is 0 Å². The van der Waals surface area contributed by atoms with Gasteiger partial charge in [-0.2, -0.15) is 4.98 Å². The number of nitrogens with one attached hydrogen (secondary N) is 1. The fourth-order valence-electron chi connectivity index (χ4n) is 2.84. The Kier molecular flexibility index (Phi) is 4.99. The second-order valence-corrected chi connectivity index (χ2v) is 7.29. The minimum absolute atomic E-state index is 0.0553. The van der Waals surface area contributed by atoms with Gasteiger partial charge in [-0.25, -0.2) is 4.52 Å². The number of nitrogens with zero attached hydrogens (tertiary/aromatic N) is 3. The highest BCUT2D eigenvalue weighted by Crippen LogP contribution is 2.25. The van der Waals surface area contributed by atoms with Gasteiger partial charge in [0.05, 0.1) is 5.69 Å². The number of hydrogen-bond acceptors (Lipinski definition) is 5. The first-order chi connectivity index (χ1) is 13.6. The van der Waals surface area contributed by atoms with Crippen molar-refractivity contribution < 1.29 is 9.59 Å². The topological polar surface area (TPSA) is 76.4 Å². The van der Waals surface area contributed by atoms with E-state index in [1.54, 1.807) is 16.6 Å². The lowest BCUT2D eigenvalue weighted by atomic mass is 10.1. The van der Waals surface area contributed by atoms with Crippen LogP contribution in [-0.2, 0) is 4.79 Å². The quantitative estimate of drug-likeness (QED) is 0.496. The molecule has 0 spiro atoms. The average molecular weight is 390 g/mol. The van der Waals surface area contributed by atoms with E-state index in [0.717, 1.165) is 16.8 Å². The Labute approximate surface area is 165 Å². The zero-order chi connectivity index (χ0) is 19.5. The number of carbonyl (C=O) groups is 2. The molecule has 1 N–H and O–H groups in total. The lowest BCUT2D eigenvalue weighted by Gasteiger charge is -2.02. The van der Waals surface area contributed by atoms with Gasteiger partial charge in [0.1, 0.15) is 0 Å². The molecule has 7 heteroatoms. The summed E-state index contributed by atoms with van der Waals surface area (Å²) in [6.45, 7) is 1.97. The van der Waals surface area contributed by atoms with E-state index in [1.807, 2.05) is 54.8 Å². The van der Waals surface area contributed by atoms with Crippen LogP contribution in [-0.4, -0.2) is 26.3 Å². The van der Waals surface area contributed by atoms with Gasteiger partial charge in [0, 0.05) is 29.3 Å². The summed E-state index contributed by atoms with van der Waals surface area (Å²) in [5, 5.41) is 9.05. The molecule has 4 aromatic rings. The van der Waals surface area contributed by atoms with Gasteiger partial charge in [-0.05, 0) is 6.92 Å². The molecule has 0 aliphatic carbocycles. The average Bonchev–Trinajstić information content (AvgIpc) is 3.27. The number of thiazole rings is 1. The maximum Gasteiger partial charge on any atom is 0.250 e. The van der Waals surface area contributed by atoms with Crippen molar-refractivity contribution in [3.05, 3.63) is 71.1 Å². The summed E-state index contributed by atoms with van der Waals surface area (Å²) in [7, 11) is 0. The molecule has 2 aromatic carbocycles. The number of aryl methyl sites for hydroxylation is 1. The normalized spacial score (nSPS) is 10.9. The molecule has 0 aliphatic heterocycles. The molecule has 0 bridgehead atoms. The van der Waals surface area contributed by atoms with Gasteiger partial charge in [0.15, 0.2) is 5.78 Å². The Bertz CT molecular complexity index is 1130. The number of fused-ring (bicyclic) bond motifs is 1. The maximum absolute atomic E-state index is 12.2. The standard InChI is InChI=1S/C21H18N4O2S/c1-14-7-9-16(10-8-14)18(26)11-12-19(27)22-20-23-21-25(24-20)17(13-28-21)15-5-3-2-4-6-15/h2-10,13H,11-12H2,1H3,(H,22,24,27). The second-order valence-electron chi connectivity index (χ2n) is 6.45. The van der Waals surface area contributed by atoms with Crippen molar-refractivity contribution in [3.8, 4) is 11.3 Å². The largest absolute Gasteiger partial charge is 0.294 e. The molecule has 140 valence electrons. The van der Waals surface area contributed by atoms with E-state index in [9.17, 15) is 9.59 Å². The fraction of sp³-hybridized carbons (Fsp3) is 0.143. The van der Waals surface area contributed by atoms with E-state index in [1.165, 1.54) is 11.3 Å². The van der Waals surface area contributed by atoms with E-state index in [-0.39, 0.29) is 30.5 Å². The predicted octanol–water partition coefficient (Wildman–Crippen LogP) is 4.37. The molecule has 6 nitrogen and oxygen atoms in total. The molecule has 0 unspecified atom stereocenters. The molecule has 0 atom stereocenters. The van der Waals surface area contributed by atoms with Gasteiger partial charge < -0.3 is 0 Å². The highest BCUT2D eigenvalue weighted by molar-refractivity contribution is 7.15. The Morgan fingerprint density at radius 2 is 1.79 bits per heavy atom. The van der Waals surface area contributed by atoms with Crippen molar-refractivity contribution in [1.29, 1.82) is 0 Å². The summed E-state index contributed by atoms with van der Waals surface area (Å²) in [4.78, 5) is 29.5. The van der Waals surface area contributed by atoms with Gasteiger partial charge in [-0.1, -0.05) is 60.2 Å². The molecular weight excluding hydrogens is 372 g/mol. The minimum atomic E-state index is -0.278. The van der Waals surface area contributed by atoms with Crippen LogP contribution in [0.15, 0.2) is 60.0 Å². The van der Waals surface area contributed by atoms with Crippen LogP contribution in [0.5, 0.6) is 0 Å². The minimum Gasteiger partial charge on any atom is -0.294 e. The molecule has 0 fully saturated rings. The number of rotatable bonds is 6. The van der Waals surface area contributed by atoms with Crippen LogP contribution in [0.25, 0.3) is 16.2 Å². The first kappa shape index (κ1) is 18.1. The SMILES string of the molecule is Cc1ccc(C(=O)CCC(=O)Nc2nc3scc(-c4ccccc4)n3n2)cc1. The molecule has 1 amide bonds. The molecule has 4 rings (SSSR count). The van der Waals surface area contributed by atoms with E-state index >= 15 is 0 Å². The first-order valence-electron chi connectivity index (χ1n) is 8.89. The van der Waals surface area contributed by atoms with Crippen molar-refractivity contribution >= 4 is 33.9 Å². The van der Waals surface area contributed by atoms with Crippen LogP contribution in [0.3, 0.4) is 0 Å². The van der Waals surface area contributed by atoms with Crippen molar-refractivity contribution in [3.63, 3.8) is 0 Å².